The van der Waals surface area contributed by atoms with E-state index in [1.54, 1.807) is 0 Å². The van der Waals surface area contributed by atoms with E-state index in [-0.39, 0.29) is 0 Å². The minimum Gasteiger partial charge on any atom is -0.354 e. The largest absolute Gasteiger partial charge is 0.354 e. The molecule has 0 aliphatic heterocycles. The van der Waals surface area contributed by atoms with Crippen LogP contribution in [0.4, 0.5) is 5.95 Å². The highest BCUT2D eigenvalue weighted by atomic mass is 15.1. The van der Waals surface area contributed by atoms with E-state index in [4.69, 9.17) is 0 Å². The van der Waals surface area contributed by atoms with Gasteiger partial charge in [-0.15, -0.1) is 0 Å². The summed E-state index contributed by atoms with van der Waals surface area (Å²) in [6, 6.07) is 8.12. The van der Waals surface area contributed by atoms with Gasteiger partial charge in [0.15, 0.2) is 0 Å². The molecule has 0 spiro atoms. The van der Waals surface area contributed by atoms with Crippen LogP contribution in [0.25, 0.3) is 10.9 Å². The van der Waals surface area contributed by atoms with Crippen molar-refractivity contribution in [3.05, 3.63) is 30.5 Å². The first kappa shape index (κ1) is 10.3. The molecule has 0 unspecified atom stereocenters. The van der Waals surface area contributed by atoms with E-state index in [1.165, 1.54) is 25.7 Å². The molecule has 3 nitrogen and oxygen atoms in total. The molecule has 0 radical (unpaired) electrons. The summed E-state index contributed by atoms with van der Waals surface area (Å²) in [5.74, 6) is 1.76. The second-order valence-corrected chi connectivity index (χ2v) is 5.74. The van der Waals surface area contributed by atoms with Crippen molar-refractivity contribution >= 4 is 16.9 Å². The third-order valence-corrected chi connectivity index (χ3v) is 4.42. The van der Waals surface area contributed by atoms with Crippen molar-refractivity contribution in [1.82, 2.24) is 9.97 Å². The number of fused-ring (bicyclic) bond motifs is 1. The average molecular weight is 239 g/mol. The Labute approximate surface area is 107 Å². The maximum atomic E-state index is 4.56. The molecule has 2 aliphatic carbocycles. The first-order chi connectivity index (χ1) is 8.86. The summed E-state index contributed by atoms with van der Waals surface area (Å²) >= 11 is 0. The summed E-state index contributed by atoms with van der Waals surface area (Å²) in [5.41, 5.74) is 1.61. The molecule has 3 heteroatoms. The highest BCUT2D eigenvalue weighted by molar-refractivity contribution is 5.78. The zero-order chi connectivity index (χ0) is 12.0. The van der Waals surface area contributed by atoms with E-state index in [0.717, 1.165) is 29.3 Å². The number of nitrogens with zero attached hydrogens (tertiary/aromatic N) is 2. The molecule has 18 heavy (non-hydrogen) atoms. The number of aromatic nitrogens is 2. The van der Waals surface area contributed by atoms with E-state index in [9.17, 15) is 0 Å². The quantitative estimate of drug-likeness (QED) is 0.890. The van der Waals surface area contributed by atoms with Gasteiger partial charge in [0.25, 0.3) is 0 Å². The van der Waals surface area contributed by atoms with E-state index in [2.05, 4.69) is 15.3 Å². The van der Waals surface area contributed by atoms with E-state index >= 15 is 0 Å². The lowest BCUT2D eigenvalue weighted by atomic mass is 10.0. The predicted octanol–water partition coefficient (Wildman–Crippen LogP) is 3.23. The van der Waals surface area contributed by atoms with Crippen LogP contribution in [0.2, 0.25) is 0 Å². The summed E-state index contributed by atoms with van der Waals surface area (Å²) in [7, 11) is 0. The Kier molecular flexibility index (Phi) is 2.10. The van der Waals surface area contributed by atoms with Gasteiger partial charge in [-0.25, -0.2) is 9.97 Å². The molecule has 0 amide bonds. The molecule has 4 rings (SSSR count). The van der Waals surface area contributed by atoms with Gasteiger partial charge in [-0.3, -0.25) is 0 Å². The van der Waals surface area contributed by atoms with Crippen LogP contribution in [0.1, 0.15) is 25.7 Å². The number of nitrogens with one attached hydrogen (secondary N) is 1. The number of anilines is 1. The Morgan fingerprint density at radius 3 is 2.83 bits per heavy atom. The van der Waals surface area contributed by atoms with Crippen LogP contribution in [0.3, 0.4) is 0 Å². The molecular formula is C15H17N3. The Bertz CT molecular complexity index is 585. The van der Waals surface area contributed by atoms with Crippen LogP contribution in [-0.2, 0) is 0 Å². The second kappa shape index (κ2) is 3.67. The predicted molar refractivity (Wildman–Crippen MR) is 72.4 cm³/mol. The molecule has 1 aromatic heterocycles. The molecule has 2 saturated carbocycles. The Morgan fingerprint density at radius 1 is 1.22 bits per heavy atom. The maximum Gasteiger partial charge on any atom is 0.223 e. The van der Waals surface area contributed by atoms with Gasteiger partial charge in [-0.1, -0.05) is 18.2 Å². The summed E-state index contributed by atoms with van der Waals surface area (Å²) in [6.07, 6.45) is 7.54. The molecule has 0 saturated heterocycles. The number of hydrogen-bond acceptors (Lipinski definition) is 3. The van der Waals surface area contributed by atoms with E-state index in [1.807, 2.05) is 30.5 Å². The van der Waals surface area contributed by atoms with Gasteiger partial charge < -0.3 is 5.32 Å². The summed E-state index contributed by atoms with van der Waals surface area (Å²) in [5, 5.41) is 4.54. The fourth-order valence-corrected chi connectivity index (χ4v) is 2.90. The fraction of sp³-hybridized carbons (Fsp3) is 0.467. The number of rotatable bonds is 4. The Morgan fingerprint density at radius 2 is 2.06 bits per heavy atom. The van der Waals surface area contributed by atoms with E-state index in [0.29, 0.717) is 5.41 Å². The van der Waals surface area contributed by atoms with Gasteiger partial charge in [-0.05, 0) is 43.1 Å². The summed E-state index contributed by atoms with van der Waals surface area (Å²) < 4.78 is 0. The normalized spacial score (nSPS) is 20.9. The zero-order valence-electron chi connectivity index (χ0n) is 10.4. The van der Waals surface area contributed by atoms with Crippen molar-refractivity contribution in [3.63, 3.8) is 0 Å². The molecule has 1 N–H and O–H groups in total. The lowest BCUT2D eigenvalue weighted by Crippen LogP contribution is -2.18. The van der Waals surface area contributed by atoms with Crippen molar-refractivity contribution in [2.24, 2.45) is 11.3 Å². The van der Waals surface area contributed by atoms with Gasteiger partial charge in [0.1, 0.15) is 0 Å². The molecule has 2 aliphatic rings. The fourth-order valence-electron chi connectivity index (χ4n) is 2.90. The SMILES string of the molecule is c1ccc2nc(NCC3(C4CC4)CC3)ncc2c1. The van der Waals surface area contributed by atoms with E-state index < -0.39 is 0 Å². The van der Waals surface area contributed by atoms with Crippen LogP contribution in [-0.4, -0.2) is 16.5 Å². The summed E-state index contributed by atoms with van der Waals surface area (Å²) in [6.45, 7) is 1.05. The van der Waals surface area contributed by atoms with Crippen LogP contribution >= 0.6 is 0 Å². The standard InChI is InChI=1S/C15H17N3/c1-2-4-13-11(3-1)9-16-14(18-13)17-10-15(7-8-15)12-5-6-12/h1-4,9,12H,5-8,10H2,(H,16,17,18). The molecule has 0 bridgehead atoms. The van der Waals surface area contributed by atoms with Crippen molar-refractivity contribution < 1.29 is 0 Å². The van der Waals surface area contributed by atoms with Crippen molar-refractivity contribution in [2.45, 2.75) is 25.7 Å². The Hall–Kier alpha value is -1.64. The minimum atomic E-state index is 0.592. The third kappa shape index (κ3) is 1.74. The Balaban J connectivity index is 1.52. The van der Waals surface area contributed by atoms with Crippen molar-refractivity contribution in [2.75, 3.05) is 11.9 Å². The molecule has 92 valence electrons. The molecule has 2 fully saturated rings. The van der Waals surface area contributed by atoms with Gasteiger partial charge in [0.05, 0.1) is 5.52 Å². The van der Waals surface area contributed by atoms with Gasteiger partial charge in [0.2, 0.25) is 5.95 Å². The lowest BCUT2D eigenvalue weighted by Gasteiger charge is -2.14. The first-order valence-electron chi connectivity index (χ1n) is 6.81. The van der Waals surface area contributed by atoms with Crippen LogP contribution in [0, 0.1) is 11.3 Å². The highest BCUT2D eigenvalue weighted by Gasteiger charge is 2.53. The third-order valence-electron chi connectivity index (χ3n) is 4.42. The minimum absolute atomic E-state index is 0.592. The number of benzene rings is 1. The monoisotopic (exact) mass is 239 g/mol. The lowest BCUT2D eigenvalue weighted by molar-refractivity contribution is 0.465. The topological polar surface area (TPSA) is 37.8 Å². The average Bonchev–Trinajstić information content (AvgIpc) is 3.28. The van der Waals surface area contributed by atoms with Crippen LogP contribution < -0.4 is 5.32 Å². The van der Waals surface area contributed by atoms with Crippen molar-refractivity contribution in [3.8, 4) is 0 Å². The van der Waals surface area contributed by atoms with Crippen LogP contribution in [0.5, 0.6) is 0 Å². The number of hydrogen-bond donors (Lipinski definition) is 1. The maximum absolute atomic E-state index is 4.56. The smallest absolute Gasteiger partial charge is 0.223 e. The molecular weight excluding hydrogens is 222 g/mol. The van der Waals surface area contributed by atoms with Gasteiger partial charge in [0, 0.05) is 18.1 Å². The first-order valence-corrected chi connectivity index (χ1v) is 6.81. The number of para-hydroxylation sites is 1. The highest BCUT2D eigenvalue weighted by Crippen LogP contribution is 2.61. The van der Waals surface area contributed by atoms with Gasteiger partial charge >= 0.3 is 0 Å². The van der Waals surface area contributed by atoms with Crippen LogP contribution in [0.15, 0.2) is 30.5 Å². The van der Waals surface area contributed by atoms with Gasteiger partial charge in [-0.2, -0.15) is 0 Å². The summed E-state index contributed by atoms with van der Waals surface area (Å²) in [4.78, 5) is 8.96. The molecule has 1 heterocycles. The molecule has 1 aromatic carbocycles. The zero-order valence-corrected chi connectivity index (χ0v) is 10.4. The second-order valence-electron chi connectivity index (χ2n) is 5.74. The van der Waals surface area contributed by atoms with Crippen molar-refractivity contribution in [1.29, 1.82) is 0 Å². The molecule has 2 aromatic rings. The molecule has 0 atom stereocenters.